The highest BCUT2D eigenvalue weighted by molar-refractivity contribution is 7.89. The number of nitrogens with one attached hydrogen (secondary N) is 1. The van der Waals surface area contributed by atoms with Gasteiger partial charge in [0.2, 0.25) is 10.0 Å². The second-order valence-electron chi connectivity index (χ2n) is 5.38. The van der Waals surface area contributed by atoms with Gasteiger partial charge in [0.1, 0.15) is 0 Å². The zero-order chi connectivity index (χ0) is 19.2. The average Bonchev–Trinajstić information content (AvgIpc) is 2.66. The maximum Gasteiger partial charge on any atom is 0.310 e. The first kappa shape index (κ1) is 19.7. The molecule has 0 atom stereocenters. The van der Waals surface area contributed by atoms with Crippen molar-refractivity contribution >= 4 is 16.0 Å². The number of sulfonamides is 1. The van der Waals surface area contributed by atoms with Gasteiger partial charge in [0.15, 0.2) is 11.5 Å². The number of esters is 1. The summed E-state index contributed by atoms with van der Waals surface area (Å²) in [5.41, 5.74) is 1.07. The van der Waals surface area contributed by atoms with Gasteiger partial charge in [0.05, 0.1) is 32.6 Å². The number of benzene rings is 2. The van der Waals surface area contributed by atoms with Crippen LogP contribution in [0.4, 0.5) is 0 Å². The van der Waals surface area contributed by atoms with Crippen LogP contribution < -0.4 is 14.2 Å². The van der Waals surface area contributed by atoms with Crippen molar-refractivity contribution in [3.8, 4) is 11.5 Å². The Kier molecular flexibility index (Phi) is 6.59. The standard InChI is InChI=1S/C18H21NO6S/c1-23-15-9-14(10-18(20)25-3)17(11-16(15)24-2)26(21,22)19-12-13-7-5-4-6-8-13/h4-9,11,19H,10,12H2,1-3H3. The molecule has 7 nitrogen and oxygen atoms in total. The summed E-state index contributed by atoms with van der Waals surface area (Å²) in [6, 6.07) is 11.9. The van der Waals surface area contributed by atoms with E-state index in [2.05, 4.69) is 9.46 Å². The van der Waals surface area contributed by atoms with Gasteiger partial charge >= 0.3 is 5.97 Å². The summed E-state index contributed by atoms with van der Waals surface area (Å²) >= 11 is 0. The number of rotatable bonds is 8. The van der Waals surface area contributed by atoms with E-state index < -0.39 is 16.0 Å². The smallest absolute Gasteiger partial charge is 0.310 e. The van der Waals surface area contributed by atoms with Crippen LogP contribution in [0.2, 0.25) is 0 Å². The second kappa shape index (κ2) is 8.68. The lowest BCUT2D eigenvalue weighted by Crippen LogP contribution is -2.25. The van der Waals surface area contributed by atoms with Crippen molar-refractivity contribution in [2.24, 2.45) is 0 Å². The van der Waals surface area contributed by atoms with Crippen LogP contribution in [0.3, 0.4) is 0 Å². The van der Waals surface area contributed by atoms with E-state index in [4.69, 9.17) is 9.47 Å². The number of ether oxygens (including phenoxy) is 3. The molecule has 2 aromatic rings. The molecule has 2 rings (SSSR count). The summed E-state index contributed by atoms with van der Waals surface area (Å²) in [5.74, 6) is 0.0198. The number of hydrogen-bond donors (Lipinski definition) is 1. The van der Waals surface area contributed by atoms with Crippen LogP contribution in [0.25, 0.3) is 0 Å². The molecule has 0 aromatic heterocycles. The predicted molar refractivity (Wildman–Crippen MR) is 95.7 cm³/mol. The van der Waals surface area contributed by atoms with E-state index in [9.17, 15) is 13.2 Å². The van der Waals surface area contributed by atoms with Gasteiger partial charge in [-0.05, 0) is 17.2 Å². The number of carbonyl (C=O) groups excluding carboxylic acids is 1. The molecular formula is C18H21NO6S. The molecule has 2 aromatic carbocycles. The Morgan fingerprint density at radius 3 is 2.19 bits per heavy atom. The predicted octanol–water partition coefficient (Wildman–Crippen LogP) is 1.90. The van der Waals surface area contributed by atoms with Gasteiger partial charge in [0, 0.05) is 12.6 Å². The zero-order valence-corrected chi connectivity index (χ0v) is 15.6. The van der Waals surface area contributed by atoms with E-state index in [0.29, 0.717) is 5.75 Å². The van der Waals surface area contributed by atoms with Crippen LogP contribution in [0.1, 0.15) is 11.1 Å². The van der Waals surface area contributed by atoms with Crippen molar-refractivity contribution in [3.05, 3.63) is 53.6 Å². The normalized spacial score (nSPS) is 11.0. The van der Waals surface area contributed by atoms with E-state index in [1.807, 2.05) is 30.3 Å². The van der Waals surface area contributed by atoms with E-state index in [-0.39, 0.29) is 29.2 Å². The molecule has 0 spiro atoms. The molecule has 0 aliphatic heterocycles. The number of hydrogen-bond acceptors (Lipinski definition) is 6. The van der Waals surface area contributed by atoms with Gasteiger partial charge in [-0.1, -0.05) is 30.3 Å². The highest BCUT2D eigenvalue weighted by atomic mass is 32.2. The van der Waals surface area contributed by atoms with E-state index >= 15 is 0 Å². The molecule has 0 aliphatic rings. The van der Waals surface area contributed by atoms with Gasteiger partial charge in [-0.3, -0.25) is 4.79 Å². The molecular weight excluding hydrogens is 358 g/mol. The Labute approximate surface area is 152 Å². The fraction of sp³-hybridized carbons (Fsp3) is 0.278. The minimum Gasteiger partial charge on any atom is -0.493 e. The summed E-state index contributed by atoms with van der Waals surface area (Å²) in [6.45, 7) is 0.120. The molecule has 0 amide bonds. The molecule has 0 saturated carbocycles. The lowest BCUT2D eigenvalue weighted by Gasteiger charge is -2.15. The van der Waals surface area contributed by atoms with Gasteiger partial charge in [-0.25, -0.2) is 13.1 Å². The number of methoxy groups -OCH3 is 3. The maximum atomic E-state index is 12.8. The van der Waals surface area contributed by atoms with Crippen LogP contribution in [-0.4, -0.2) is 35.7 Å². The highest BCUT2D eigenvalue weighted by Crippen LogP contribution is 2.33. The lowest BCUT2D eigenvalue weighted by atomic mass is 10.1. The highest BCUT2D eigenvalue weighted by Gasteiger charge is 2.23. The van der Waals surface area contributed by atoms with E-state index in [1.165, 1.54) is 33.5 Å². The molecule has 140 valence electrons. The topological polar surface area (TPSA) is 90.9 Å². The van der Waals surface area contributed by atoms with Crippen molar-refractivity contribution in [2.45, 2.75) is 17.9 Å². The molecule has 0 heterocycles. The van der Waals surface area contributed by atoms with Crippen molar-refractivity contribution in [2.75, 3.05) is 21.3 Å². The quantitative estimate of drug-likeness (QED) is 0.705. The Bertz CT molecular complexity index is 865. The molecule has 0 unspecified atom stereocenters. The summed E-state index contributed by atoms with van der Waals surface area (Å²) in [7, 11) is 0.188. The van der Waals surface area contributed by atoms with E-state index in [1.54, 1.807) is 0 Å². The summed E-state index contributed by atoms with van der Waals surface area (Å²) in [4.78, 5) is 11.6. The molecule has 8 heteroatoms. The molecule has 0 bridgehead atoms. The fourth-order valence-electron chi connectivity index (χ4n) is 2.37. The first-order chi connectivity index (χ1) is 12.4. The van der Waals surface area contributed by atoms with Crippen molar-refractivity contribution < 1.29 is 27.4 Å². The fourth-order valence-corrected chi connectivity index (χ4v) is 3.62. The number of carbonyl (C=O) groups is 1. The summed E-state index contributed by atoms with van der Waals surface area (Å²) in [6.07, 6.45) is -0.210. The first-order valence-electron chi connectivity index (χ1n) is 7.76. The molecule has 0 aliphatic carbocycles. The Hall–Kier alpha value is -2.58. The molecule has 0 radical (unpaired) electrons. The van der Waals surface area contributed by atoms with Gasteiger partial charge in [0.25, 0.3) is 0 Å². The molecule has 0 saturated heterocycles. The van der Waals surface area contributed by atoms with Gasteiger partial charge < -0.3 is 14.2 Å². The van der Waals surface area contributed by atoms with Gasteiger partial charge in [-0.15, -0.1) is 0 Å². The molecule has 26 heavy (non-hydrogen) atoms. The minimum atomic E-state index is -3.89. The van der Waals surface area contributed by atoms with Crippen molar-refractivity contribution in [3.63, 3.8) is 0 Å². The third-order valence-electron chi connectivity index (χ3n) is 3.73. The summed E-state index contributed by atoms with van der Waals surface area (Å²) in [5, 5.41) is 0. The average molecular weight is 379 g/mol. The van der Waals surface area contributed by atoms with Crippen LogP contribution in [0, 0.1) is 0 Å². The first-order valence-corrected chi connectivity index (χ1v) is 9.25. The molecule has 1 N–H and O–H groups in total. The molecule has 0 fully saturated rings. The SMILES string of the molecule is COC(=O)Cc1cc(OC)c(OC)cc1S(=O)(=O)NCc1ccccc1. The van der Waals surface area contributed by atoms with Crippen LogP contribution >= 0.6 is 0 Å². The second-order valence-corrected chi connectivity index (χ2v) is 7.11. The lowest BCUT2D eigenvalue weighted by molar-refractivity contribution is -0.139. The van der Waals surface area contributed by atoms with Crippen LogP contribution in [0.15, 0.2) is 47.4 Å². The Morgan fingerprint density at radius 1 is 1.00 bits per heavy atom. The Morgan fingerprint density at radius 2 is 1.62 bits per heavy atom. The minimum absolute atomic E-state index is 0.0588. The van der Waals surface area contributed by atoms with Crippen molar-refractivity contribution in [1.82, 2.24) is 4.72 Å². The van der Waals surface area contributed by atoms with Crippen LogP contribution in [-0.2, 0) is 32.5 Å². The monoisotopic (exact) mass is 379 g/mol. The largest absolute Gasteiger partial charge is 0.493 e. The third kappa shape index (κ3) is 4.74. The maximum absolute atomic E-state index is 12.8. The zero-order valence-electron chi connectivity index (χ0n) is 14.8. The van der Waals surface area contributed by atoms with Crippen LogP contribution in [0.5, 0.6) is 11.5 Å². The Balaban J connectivity index is 2.41. The summed E-state index contributed by atoms with van der Waals surface area (Å²) < 4.78 is 43.2. The van der Waals surface area contributed by atoms with E-state index in [0.717, 1.165) is 5.56 Å². The third-order valence-corrected chi connectivity index (χ3v) is 5.21. The van der Waals surface area contributed by atoms with Gasteiger partial charge in [-0.2, -0.15) is 0 Å². The van der Waals surface area contributed by atoms with Crippen molar-refractivity contribution in [1.29, 1.82) is 0 Å².